The first kappa shape index (κ1) is 7.74. The van der Waals surface area contributed by atoms with E-state index in [9.17, 15) is 13.2 Å². The third-order valence-electron chi connectivity index (χ3n) is 0.703. The Hall–Kier alpha value is -0.360. The van der Waals surface area contributed by atoms with Gasteiger partial charge in [-0.3, -0.25) is 0 Å². The number of nitrogens with zero attached hydrogens (tertiary/aromatic N) is 1. The third-order valence-corrected chi connectivity index (χ3v) is 1.41. The molecule has 0 amide bonds. The van der Waals surface area contributed by atoms with E-state index in [0.29, 0.717) is 11.9 Å². The molecule has 1 radical (unpaired) electrons. The molecular formula is C4H3F3NOS. The maximum Gasteiger partial charge on any atom is 0.573 e. The Morgan fingerprint density at radius 1 is 1.60 bits per heavy atom. The summed E-state index contributed by atoms with van der Waals surface area (Å²) in [5, 5.41) is -0.187. The van der Waals surface area contributed by atoms with Crippen molar-refractivity contribution in [3.05, 3.63) is 11.2 Å². The molecule has 0 saturated carbocycles. The lowest BCUT2D eigenvalue weighted by Gasteiger charge is -2.06. The Labute approximate surface area is 59.6 Å². The van der Waals surface area contributed by atoms with Gasteiger partial charge in [-0.2, -0.15) is 4.72 Å². The zero-order chi connectivity index (χ0) is 7.61. The van der Waals surface area contributed by atoms with Crippen LogP contribution in [0, 0.1) is 0 Å². The molecule has 0 saturated heterocycles. The van der Waals surface area contributed by atoms with Crippen molar-refractivity contribution in [2.45, 2.75) is 6.36 Å². The normalized spacial score (nSPS) is 18.9. The highest BCUT2D eigenvalue weighted by molar-refractivity contribution is 8.01. The van der Waals surface area contributed by atoms with Gasteiger partial charge in [0.15, 0.2) is 5.09 Å². The number of rotatable bonds is 1. The van der Waals surface area contributed by atoms with Gasteiger partial charge >= 0.3 is 6.36 Å². The number of ether oxygens (including phenoxy) is 1. The topological polar surface area (TPSA) is 23.3 Å². The first-order chi connectivity index (χ1) is 4.58. The molecule has 0 atom stereocenters. The van der Waals surface area contributed by atoms with Crippen LogP contribution < -0.4 is 4.72 Å². The van der Waals surface area contributed by atoms with E-state index < -0.39 is 6.36 Å². The summed E-state index contributed by atoms with van der Waals surface area (Å²) in [7, 11) is 0. The fourth-order valence-corrected chi connectivity index (χ4v) is 0.981. The molecule has 2 nitrogen and oxygen atoms in total. The fourth-order valence-electron chi connectivity index (χ4n) is 0.424. The van der Waals surface area contributed by atoms with Gasteiger partial charge in [-0.15, -0.1) is 13.2 Å². The predicted octanol–water partition coefficient (Wildman–Crippen LogP) is 1.63. The number of halogens is 3. The van der Waals surface area contributed by atoms with E-state index in [1.807, 2.05) is 0 Å². The minimum absolute atomic E-state index is 0.187. The molecule has 0 aromatic heterocycles. The molecule has 0 unspecified atom stereocenters. The van der Waals surface area contributed by atoms with Crippen molar-refractivity contribution in [1.29, 1.82) is 0 Å². The Morgan fingerprint density at radius 3 is 2.70 bits per heavy atom. The smallest absolute Gasteiger partial charge is 0.398 e. The fraction of sp³-hybridized carbons (Fsp3) is 0.500. The standard InChI is InChI=1S/C4H3F3NOS/c5-4(6,7)9-3-1-2-8-10-3/h1H,2H2. The van der Waals surface area contributed by atoms with Gasteiger partial charge in [-0.1, -0.05) is 0 Å². The van der Waals surface area contributed by atoms with Crippen molar-refractivity contribution in [1.82, 2.24) is 4.72 Å². The first-order valence-electron chi connectivity index (χ1n) is 2.38. The molecule has 0 bridgehead atoms. The molecular weight excluding hydrogens is 167 g/mol. The average Bonchev–Trinajstić information content (AvgIpc) is 2.12. The van der Waals surface area contributed by atoms with Crippen molar-refractivity contribution in [2.24, 2.45) is 0 Å². The Morgan fingerprint density at radius 2 is 2.30 bits per heavy atom. The second-order valence-electron chi connectivity index (χ2n) is 1.47. The van der Waals surface area contributed by atoms with E-state index in [1.54, 1.807) is 0 Å². The summed E-state index contributed by atoms with van der Waals surface area (Å²) in [6.45, 7) is 0.288. The quantitative estimate of drug-likeness (QED) is 0.558. The molecule has 10 heavy (non-hydrogen) atoms. The van der Waals surface area contributed by atoms with Crippen LogP contribution in [0.2, 0.25) is 0 Å². The van der Waals surface area contributed by atoms with Gasteiger partial charge in [0.25, 0.3) is 0 Å². The lowest BCUT2D eigenvalue weighted by atomic mass is 10.6. The van der Waals surface area contributed by atoms with Crippen LogP contribution >= 0.6 is 11.9 Å². The average molecular weight is 170 g/mol. The Kier molecular flexibility index (Phi) is 2.10. The minimum Gasteiger partial charge on any atom is -0.398 e. The zero-order valence-electron chi connectivity index (χ0n) is 4.68. The van der Waals surface area contributed by atoms with E-state index in [0.717, 1.165) is 0 Å². The predicted molar refractivity (Wildman–Crippen MR) is 29.8 cm³/mol. The first-order valence-corrected chi connectivity index (χ1v) is 3.15. The van der Waals surface area contributed by atoms with Gasteiger partial charge in [0.2, 0.25) is 0 Å². The van der Waals surface area contributed by atoms with Crippen molar-refractivity contribution in [3.63, 3.8) is 0 Å². The highest BCUT2D eigenvalue weighted by Gasteiger charge is 2.33. The van der Waals surface area contributed by atoms with Crippen molar-refractivity contribution in [3.8, 4) is 0 Å². The highest BCUT2D eigenvalue weighted by Crippen LogP contribution is 2.28. The number of hydrogen-bond acceptors (Lipinski definition) is 2. The van der Waals surface area contributed by atoms with Gasteiger partial charge in [-0.05, 0) is 6.08 Å². The minimum atomic E-state index is -4.58. The monoisotopic (exact) mass is 170 g/mol. The maximum atomic E-state index is 11.4. The van der Waals surface area contributed by atoms with Gasteiger partial charge in [-0.25, -0.2) is 0 Å². The van der Waals surface area contributed by atoms with E-state index in [1.165, 1.54) is 6.08 Å². The van der Waals surface area contributed by atoms with Crippen LogP contribution in [0.1, 0.15) is 0 Å². The second-order valence-corrected chi connectivity index (χ2v) is 2.32. The number of hydrogen-bond donors (Lipinski definition) is 0. The van der Waals surface area contributed by atoms with Crippen molar-refractivity contribution >= 4 is 11.9 Å². The van der Waals surface area contributed by atoms with Crippen molar-refractivity contribution in [2.75, 3.05) is 6.54 Å². The summed E-state index contributed by atoms with van der Waals surface area (Å²) >= 11 is 0.713. The molecule has 1 aliphatic heterocycles. The molecule has 0 aromatic carbocycles. The van der Waals surface area contributed by atoms with Gasteiger partial charge in [0, 0.05) is 18.5 Å². The zero-order valence-corrected chi connectivity index (χ0v) is 5.50. The molecule has 0 aliphatic carbocycles. The van der Waals surface area contributed by atoms with E-state index in [4.69, 9.17) is 0 Å². The summed E-state index contributed by atoms with van der Waals surface area (Å²) < 4.78 is 41.2. The van der Waals surface area contributed by atoms with Gasteiger partial charge in [0.05, 0.1) is 0 Å². The summed E-state index contributed by atoms with van der Waals surface area (Å²) in [4.78, 5) is 0. The van der Waals surface area contributed by atoms with E-state index in [2.05, 4.69) is 9.46 Å². The highest BCUT2D eigenvalue weighted by atomic mass is 32.2. The van der Waals surface area contributed by atoms with Crippen LogP contribution in [0.3, 0.4) is 0 Å². The van der Waals surface area contributed by atoms with Crippen LogP contribution in [0.25, 0.3) is 0 Å². The summed E-state index contributed by atoms with van der Waals surface area (Å²) in [6, 6.07) is 0. The molecule has 0 spiro atoms. The summed E-state index contributed by atoms with van der Waals surface area (Å²) in [5.41, 5.74) is 0. The maximum absolute atomic E-state index is 11.4. The van der Waals surface area contributed by atoms with Crippen LogP contribution in [-0.2, 0) is 4.74 Å². The van der Waals surface area contributed by atoms with E-state index >= 15 is 0 Å². The van der Waals surface area contributed by atoms with Crippen LogP contribution in [0.15, 0.2) is 11.2 Å². The van der Waals surface area contributed by atoms with Gasteiger partial charge < -0.3 is 4.74 Å². The summed E-state index contributed by atoms with van der Waals surface area (Å²) in [5.74, 6) is 0. The SMILES string of the molecule is FC(F)(F)OC1=CC[N]S1. The third kappa shape index (κ3) is 2.49. The molecule has 1 heterocycles. The van der Waals surface area contributed by atoms with Crippen LogP contribution in [0.4, 0.5) is 13.2 Å². The molecule has 0 fully saturated rings. The molecule has 1 aliphatic rings. The van der Waals surface area contributed by atoms with Crippen LogP contribution in [-0.4, -0.2) is 12.9 Å². The lowest BCUT2D eigenvalue weighted by Crippen LogP contribution is -2.10. The number of alkyl halides is 3. The van der Waals surface area contributed by atoms with Crippen LogP contribution in [0.5, 0.6) is 0 Å². The molecule has 6 heteroatoms. The summed E-state index contributed by atoms with van der Waals surface area (Å²) in [6.07, 6.45) is -3.31. The molecule has 57 valence electrons. The van der Waals surface area contributed by atoms with Gasteiger partial charge in [0.1, 0.15) is 0 Å². The molecule has 0 N–H and O–H groups in total. The Balaban J connectivity index is 2.38. The second kappa shape index (κ2) is 2.71. The lowest BCUT2D eigenvalue weighted by molar-refractivity contribution is -0.300. The molecule has 0 aromatic rings. The van der Waals surface area contributed by atoms with E-state index in [-0.39, 0.29) is 11.6 Å². The largest absolute Gasteiger partial charge is 0.573 e. The Bertz CT molecular complexity index is 155. The molecule has 1 rings (SSSR count). The van der Waals surface area contributed by atoms with Crippen molar-refractivity contribution < 1.29 is 17.9 Å².